The van der Waals surface area contributed by atoms with Gasteiger partial charge in [0.25, 0.3) is 0 Å². The zero-order valence-corrected chi connectivity index (χ0v) is 13.0. The van der Waals surface area contributed by atoms with Gasteiger partial charge in [-0.15, -0.1) is 0 Å². The summed E-state index contributed by atoms with van der Waals surface area (Å²) in [6, 6.07) is 12.0. The van der Waals surface area contributed by atoms with E-state index in [1.807, 2.05) is 24.3 Å². The van der Waals surface area contributed by atoms with E-state index in [0.29, 0.717) is 16.8 Å². The van der Waals surface area contributed by atoms with Crippen molar-refractivity contribution < 1.29 is 8.91 Å². The van der Waals surface area contributed by atoms with Gasteiger partial charge in [-0.2, -0.15) is 0 Å². The summed E-state index contributed by atoms with van der Waals surface area (Å²) in [5.74, 6) is -0.339. The van der Waals surface area contributed by atoms with Gasteiger partial charge < -0.3 is 10.3 Å². The second-order valence-corrected chi connectivity index (χ2v) is 5.73. The predicted octanol–water partition coefficient (Wildman–Crippen LogP) is 5.15. The van der Waals surface area contributed by atoms with Crippen molar-refractivity contribution in [2.24, 2.45) is 0 Å². The van der Waals surface area contributed by atoms with Gasteiger partial charge in [0.1, 0.15) is 11.5 Å². The molecule has 0 unspecified atom stereocenters. The van der Waals surface area contributed by atoms with Gasteiger partial charge in [-0.05, 0) is 29.8 Å². The van der Waals surface area contributed by atoms with Crippen molar-refractivity contribution in [3.05, 3.63) is 57.8 Å². The Hall–Kier alpha value is -1.85. The van der Waals surface area contributed by atoms with Crippen LogP contribution in [-0.2, 0) is 0 Å². The second kappa shape index (κ2) is 5.50. The summed E-state index contributed by atoms with van der Waals surface area (Å²) in [6.45, 7) is 0. The molecular weight excluding hydrogens is 359 g/mol. The largest absolute Gasteiger partial charge is 0.367 e. The number of nitrogens with zero attached hydrogens (tertiary/aromatic N) is 1. The van der Waals surface area contributed by atoms with E-state index in [1.54, 1.807) is 6.07 Å². The summed E-state index contributed by atoms with van der Waals surface area (Å²) in [7, 11) is 0. The van der Waals surface area contributed by atoms with E-state index in [2.05, 4.69) is 21.1 Å². The molecule has 0 amide bonds. The monoisotopic (exact) mass is 366 g/mol. The van der Waals surface area contributed by atoms with E-state index in [-0.39, 0.29) is 10.9 Å². The Morgan fingerprint density at radius 2 is 1.95 bits per heavy atom. The van der Waals surface area contributed by atoms with E-state index >= 15 is 0 Å². The molecule has 3 rings (SSSR count). The standard InChI is InChI=1S/C15H9BrClFN2O/c16-10-3-1-2-8(6-10)13-14(20-21-15(13)19)9-4-5-11(17)12(18)7-9/h1-7H,19H2. The molecule has 0 aliphatic carbocycles. The molecular formula is C15H9BrClFN2O. The van der Waals surface area contributed by atoms with Gasteiger partial charge in [0.2, 0.25) is 5.88 Å². The number of nitrogens with two attached hydrogens (primary N) is 1. The van der Waals surface area contributed by atoms with Crippen LogP contribution >= 0.6 is 27.5 Å². The highest BCUT2D eigenvalue weighted by atomic mass is 79.9. The third kappa shape index (κ3) is 2.66. The number of benzene rings is 2. The molecule has 1 heterocycles. The number of rotatable bonds is 2. The predicted molar refractivity (Wildman–Crippen MR) is 84.5 cm³/mol. The molecule has 0 atom stereocenters. The maximum absolute atomic E-state index is 13.6. The molecule has 0 radical (unpaired) electrons. The number of aromatic nitrogens is 1. The second-order valence-electron chi connectivity index (χ2n) is 4.41. The lowest BCUT2D eigenvalue weighted by Crippen LogP contribution is -1.88. The smallest absolute Gasteiger partial charge is 0.230 e. The van der Waals surface area contributed by atoms with Crippen molar-refractivity contribution in [3.63, 3.8) is 0 Å². The number of nitrogen functional groups attached to an aromatic ring is 1. The summed E-state index contributed by atoms with van der Waals surface area (Å²) in [5, 5.41) is 3.99. The highest BCUT2D eigenvalue weighted by Crippen LogP contribution is 2.37. The van der Waals surface area contributed by atoms with Crippen LogP contribution in [0.15, 0.2) is 51.5 Å². The molecule has 2 aromatic carbocycles. The van der Waals surface area contributed by atoms with Gasteiger partial charge in [0.05, 0.1) is 10.6 Å². The minimum atomic E-state index is -0.518. The topological polar surface area (TPSA) is 52.0 Å². The molecule has 1 aromatic heterocycles. The zero-order chi connectivity index (χ0) is 15.0. The lowest BCUT2D eigenvalue weighted by Gasteiger charge is -2.04. The molecule has 0 fully saturated rings. The Morgan fingerprint density at radius 1 is 1.14 bits per heavy atom. The SMILES string of the molecule is Nc1onc(-c2ccc(Cl)c(F)c2)c1-c1cccc(Br)c1. The van der Waals surface area contributed by atoms with Gasteiger partial charge in [-0.1, -0.05) is 50.9 Å². The maximum Gasteiger partial charge on any atom is 0.230 e. The highest BCUT2D eigenvalue weighted by Gasteiger charge is 2.18. The molecule has 2 N–H and O–H groups in total. The van der Waals surface area contributed by atoms with Crippen LogP contribution in [0.25, 0.3) is 22.4 Å². The van der Waals surface area contributed by atoms with Crippen molar-refractivity contribution in [1.82, 2.24) is 5.16 Å². The average molecular weight is 368 g/mol. The average Bonchev–Trinajstić information content (AvgIpc) is 2.84. The van der Waals surface area contributed by atoms with Crippen molar-refractivity contribution >= 4 is 33.4 Å². The molecule has 0 bridgehead atoms. The quantitative estimate of drug-likeness (QED) is 0.682. The van der Waals surface area contributed by atoms with Crippen molar-refractivity contribution in [2.75, 3.05) is 5.73 Å². The van der Waals surface area contributed by atoms with Gasteiger partial charge in [0.15, 0.2) is 0 Å². The van der Waals surface area contributed by atoms with E-state index in [9.17, 15) is 4.39 Å². The Morgan fingerprint density at radius 3 is 2.67 bits per heavy atom. The lowest BCUT2D eigenvalue weighted by atomic mass is 10.0. The summed E-state index contributed by atoms with van der Waals surface area (Å²) in [5.41, 5.74) is 8.34. The fraction of sp³-hybridized carbons (Fsp3) is 0. The van der Waals surface area contributed by atoms with Crippen molar-refractivity contribution in [3.8, 4) is 22.4 Å². The normalized spacial score (nSPS) is 10.8. The first kappa shape index (κ1) is 14.1. The van der Waals surface area contributed by atoms with Crippen LogP contribution < -0.4 is 5.73 Å². The fourth-order valence-corrected chi connectivity index (χ4v) is 2.58. The Bertz CT molecular complexity index is 819. The van der Waals surface area contributed by atoms with Gasteiger partial charge >= 0.3 is 0 Å². The first-order valence-electron chi connectivity index (χ1n) is 6.03. The third-order valence-electron chi connectivity index (χ3n) is 3.02. The van der Waals surface area contributed by atoms with Gasteiger partial charge in [0, 0.05) is 10.0 Å². The summed E-state index contributed by atoms with van der Waals surface area (Å²) in [6.07, 6.45) is 0. The molecule has 0 spiro atoms. The van der Waals surface area contributed by atoms with Crippen molar-refractivity contribution in [2.45, 2.75) is 0 Å². The Kier molecular flexibility index (Phi) is 3.69. The number of hydrogen-bond acceptors (Lipinski definition) is 3. The van der Waals surface area contributed by atoms with Gasteiger partial charge in [-0.3, -0.25) is 0 Å². The van der Waals surface area contributed by atoms with E-state index in [1.165, 1.54) is 12.1 Å². The first-order chi connectivity index (χ1) is 10.1. The molecule has 106 valence electrons. The van der Waals surface area contributed by atoms with Crippen LogP contribution in [0.4, 0.5) is 10.3 Å². The molecule has 0 aliphatic heterocycles. The minimum Gasteiger partial charge on any atom is -0.367 e. The summed E-state index contributed by atoms with van der Waals surface area (Å²) in [4.78, 5) is 0. The lowest BCUT2D eigenvalue weighted by molar-refractivity contribution is 0.439. The minimum absolute atomic E-state index is 0.0548. The summed E-state index contributed by atoms with van der Waals surface area (Å²) >= 11 is 9.11. The third-order valence-corrected chi connectivity index (χ3v) is 3.82. The molecule has 0 saturated heterocycles. The van der Waals surface area contributed by atoms with E-state index < -0.39 is 5.82 Å². The van der Waals surface area contributed by atoms with Crippen LogP contribution in [0.5, 0.6) is 0 Å². The molecule has 3 nitrogen and oxygen atoms in total. The van der Waals surface area contributed by atoms with E-state index in [0.717, 1.165) is 10.0 Å². The molecule has 0 saturated carbocycles. The van der Waals surface area contributed by atoms with Crippen LogP contribution in [0.1, 0.15) is 0 Å². The molecule has 3 aromatic rings. The molecule has 21 heavy (non-hydrogen) atoms. The summed E-state index contributed by atoms with van der Waals surface area (Å²) < 4.78 is 19.6. The maximum atomic E-state index is 13.6. The zero-order valence-electron chi connectivity index (χ0n) is 10.6. The van der Waals surface area contributed by atoms with E-state index in [4.69, 9.17) is 21.9 Å². The van der Waals surface area contributed by atoms with Crippen LogP contribution in [0, 0.1) is 5.82 Å². The number of hydrogen-bond donors (Lipinski definition) is 1. The van der Waals surface area contributed by atoms with Crippen LogP contribution in [0.2, 0.25) is 5.02 Å². The number of anilines is 1. The highest BCUT2D eigenvalue weighted by molar-refractivity contribution is 9.10. The fourth-order valence-electron chi connectivity index (χ4n) is 2.07. The number of halogens is 3. The van der Waals surface area contributed by atoms with Gasteiger partial charge in [-0.25, -0.2) is 4.39 Å². The Balaban J connectivity index is 2.19. The first-order valence-corrected chi connectivity index (χ1v) is 7.20. The van der Waals surface area contributed by atoms with Crippen LogP contribution in [0.3, 0.4) is 0 Å². The van der Waals surface area contributed by atoms with Crippen LogP contribution in [-0.4, -0.2) is 5.16 Å². The molecule has 0 aliphatic rings. The molecule has 6 heteroatoms. The van der Waals surface area contributed by atoms with Crippen molar-refractivity contribution in [1.29, 1.82) is 0 Å². The Labute approximate surface area is 133 Å².